The first kappa shape index (κ1) is 37.3. The smallest absolute Gasteiger partial charge is 0.138 e. The average molecular weight is 819 g/mol. The van der Waals surface area contributed by atoms with Crippen LogP contribution < -0.4 is 5.32 Å². The summed E-state index contributed by atoms with van der Waals surface area (Å²) in [7, 11) is 0. The molecule has 0 atom stereocenters. The fourth-order valence-corrected chi connectivity index (χ4v) is 9.58. The van der Waals surface area contributed by atoms with E-state index >= 15 is 0 Å². The lowest BCUT2D eigenvalue weighted by Crippen LogP contribution is -2.24. The maximum atomic E-state index is 5.24. The highest BCUT2D eigenvalue weighted by molar-refractivity contribution is 6.17. The van der Waals surface area contributed by atoms with Crippen molar-refractivity contribution in [1.82, 2.24) is 14.5 Å². The highest BCUT2D eigenvalue weighted by atomic mass is 15.0. The quantitative estimate of drug-likeness (QED) is 0.171. The highest BCUT2D eigenvalue weighted by Gasteiger charge is 2.20. The van der Waals surface area contributed by atoms with Crippen molar-refractivity contribution in [1.29, 1.82) is 0 Å². The molecule has 0 spiro atoms. The summed E-state index contributed by atoms with van der Waals surface area (Å²) in [6.07, 6.45) is 5.24. The van der Waals surface area contributed by atoms with E-state index in [4.69, 9.17) is 4.99 Å². The lowest BCUT2D eigenvalue weighted by Gasteiger charge is -2.18. The molecular formula is C60H42N4. The minimum absolute atomic E-state index is 0.740. The standard InChI is InChI=1S/C60H42N4/c1-5-18-41(19-6-1)53-30-17-31-54(62-60(61-53)42-20-7-2-8-21-42)46-23-15-22-45(38-46)49-29-16-33-58-59(49)52-40-44(35-37-57(52)64(58)48-26-11-4-12-27-48)43-34-36-56-51(39-43)50-28-13-14-32-55(50)63(56)47-24-9-3-10-25-47/h1-16,18-40H,17H2,(H,61,62). The monoisotopic (exact) mass is 818 g/mol. The maximum Gasteiger partial charge on any atom is 0.138 e. The summed E-state index contributed by atoms with van der Waals surface area (Å²) in [5.41, 5.74) is 17.0. The molecule has 1 aliphatic heterocycles. The van der Waals surface area contributed by atoms with Crippen molar-refractivity contribution in [3.05, 3.63) is 253 Å². The lowest BCUT2D eigenvalue weighted by atomic mass is 9.95. The summed E-state index contributed by atoms with van der Waals surface area (Å²) in [4.78, 5) is 5.24. The van der Waals surface area contributed by atoms with Crippen molar-refractivity contribution in [3.8, 4) is 33.6 Å². The van der Waals surface area contributed by atoms with Crippen molar-refractivity contribution in [2.75, 3.05) is 0 Å². The van der Waals surface area contributed by atoms with E-state index < -0.39 is 0 Å². The van der Waals surface area contributed by atoms with Crippen LogP contribution in [0.1, 0.15) is 23.1 Å². The van der Waals surface area contributed by atoms with Crippen LogP contribution in [0.3, 0.4) is 0 Å². The molecule has 64 heavy (non-hydrogen) atoms. The van der Waals surface area contributed by atoms with Crippen molar-refractivity contribution in [3.63, 3.8) is 0 Å². The molecule has 4 nitrogen and oxygen atoms in total. The molecular weight excluding hydrogens is 777 g/mol. The molecule has 12 rings (SSSR count). The predicted molar refractivity (Wildman–Crippen MR) is 269 cm³/mol. The summed E-state index contributed by atoms with van der Waals surface area (Å²) in [6.45, 7) is 0. The zero-order valence-corrected chi connectivity index (χ0v) is 35.1. The van der Waals surface area contributed by atoms with Crippen LogP contribution in [-0.4, -0.2) is 15.0 Å². The number of aromatic nitrogens is 2. The van der Waals surface area contributed by atoms with Crippen molar-refractivity contribution in [2.24, 2.45) is 4.99 Å². The number of aliphatic imine (C=N–C) groups is 1. The van der Waals surface area contributed by atoms with Gasteiger partial charge in [0.1, 0.15) is 5.84 Å². The number of fused-ring (bicyclic) bond motifs is 6. The Morgan fingerprint density at radius 2 is 0.891 bits per heavy atom. The summed E-state index contributed by atoms with van der Waals surface area (Å²) in [5.74, 6) is 0.815. The predicted octanol–water partition coefficient (Wildman–Crippen LogP) is 15.0. The molecule has 0 aliphatic carbocycles. The Morgan fingerprint density at radius 3 is 1.61 bits per heavy atom. The first-order valence-electron chi connectivity index (χ1n) is 21.9. The lowest BCUT2D eigenvalue weighted by molar-refractivity contribution is 1.18. The zero-order chi connectivity index (χ0) is 42.4. The van der Waals surface area contributed by atoms with E-state index in [9.17, 15) is 0 Å². The van der Waals surface area contributed by atoms with E-state index in [1.165, 1.54) is 60.3 Å². The van der Waals surface area contributed by atoms with Crippen molar-refractivity contribution >= 4 is 60.8 Å². The maximum absolute atomic E-state index is 5.24. The second-order valence-electron chi connectivity index (χ2n) is 16.4. The van der Waals surface area contributed by atoms with Gasteiger partial charge in [-0.3, -0.25) is 0 Å². The Balaban J connectivity index is 1.01. The fraction of sp³-hybridized carbons (Fsp3) is 0.0167. The van der Waals surface area contributed by atoms with Gasteiger partial charge in [0.15, 0.2) is 0 Å². The molecule has 0 saturated heterocycles. The topological polar surface area (TPSA) is 34.2 Å². The number of nitrogens with zero attached hydrogens (tertiary/aromatic N) is 3. The molecule has 4 heteroatoms. The average Bonchev–Trinajstić information content (AvgIpc) is 3.87. The van der Waals surface area contributed by atoms with Gasteiger partial charge in [-0.25, -0.2) is 4.99 Å². The van der Waals surface area contributed by atoms with E-state index in [-0.39, 0.29) is 0 Å². The van der Waals surface area contributed by atoms with Crippen LogP contribution in [0.2, 0.25) is 0 Å². The van der Waals surface area contributed by atoms with Crippen LogP contribution >= 0.6 is 0 Å². The van der Waals surface area contributed by atoms with E-state index in [0.29, 0.717) is 0 Å². The Kier molecular flexibility index (Phi) is 9.19. The van der Waals surface area contributed by atoms with E-state index in [2.05, 4.69) is 239 Å². The van der Waals surface area contributed by atoms with Crippen LogP contribution in [-0.2, 0) is 0 Å². The largest absolute Gasteiger partial charge is 0.339 e. The number of amidine groups is 1. The Bertz CT molecular complexity index is 3630. The Labute approximate surface area is 372 Å². The molecule has 0 amide bonds. The molecule has 1 aliphatic rings. The number of benzene rings is 9. The van der Waals surface area contributed by atoms with Gasteiger partial charge in [-0.05, 0) is 107 Å². The molecule has 302 valence electrons. The minimum atomic E-state index is 0.740. The number of hydrogen-bond donors (Lipinski definition) is 1. The van der Waals surface area contributed by atoms with Gasteiger partial charge >= 0.3 is 0 Å². The van der Waals surface area contributed by atoms with Crippen LogP contribution in [0.25, 0.3) is 88.6 Å². The van der Waals surface area contributed by atoms with Crippen LogP contribution in [0.4, 0.5) is 0 Å². The first-order chi connectivity index (χ1) is 31.7. The number of allylic oxidation sites excluding steroid dienone is 2. The Morgan fingerprint density at radius 1 is 0.359 bits per heavy atom. The third-order valence-corrected chi connectivity index (χ3v) is 12.5. The van der Waals surface area contributed by atoms with E-state index in [1.54, 1.807) is 0 Å². The van der Waals surface area contributed by atoms with Gasteiger partial charge in [0.25, 0.3) is 0 Å². The van der Waals surface area contributed by atoms with Crippen LogP contribution in [0.5, 0.6) is 0 Å². The summed E-state index contributed by atoms with van der Waals surface area (Å²) >= 11 is 0. The third kappa shape index (κ3) is 6.52. The molecule has 0 unspecified atom stereocenters. The van der Waals surface area contributed by atoms with E-state index in [1.807, 2.05) is 12.1 Å². The van der Waals surface area contributed by atoms with Crippen molar-refractivity contribution < 1.29 is 0 Å². The minimum Gasteiger partial charge on any atom is -0.339 e. The third-order valence-electron chi connectivity index (χ3n) is 12.5. The van der Waals surface area contributed by atoms with Gasteiger partial charge in [-0.1, -0.05) is 170 Å². The molecule has 9 aromatic carbocycles. The normalized spacial score (nSPS) is 13.0. The molecule has 0 radical (unpaired) electrons. The van der Waals surface area contributed by atoms with Gasteiger partial charge in [-0.15, -0.1) is 0 Å². The second kappa shape index (κ2) is 15.8. The van der Waals surface area contributed by atoms with Gasteiger partial charge in [0, 0.05) is 44.2 Å². The summed E-state index contributed by atoms with van der Waals surface area (Å²) in [5, 5.41) is 8.71. The van der Waals surface area contributed by atoms with Crippen LogP contribution in [0, 0.1) is 0 Å². The first-order valence-corrected chi connectivity index (χ1v) is 21.9. The van der Waals surface area contributed by atoms with Gasteiger partial charge in [0.2, 0.25) is 0 Å². The van der Waals surface area contributed by atoms with E-state index in [0.717, 1.165) is 57.3 Å². The fourth-order valence-electron chi connectivity index (χ4n) is 9.58. The van der Waals surface area contributed by atoms with Gasteiger partial charge < -0.3 is 14.5 Å². The zero-order valence-electron chi connectivity index (χ0n) is 35.1. The number of nitrogens with one attached hydrogen (secondary N) is 1. The van der Waals surface area contributed by atoms with Crippen LogP contribution in [0.15, 0.2) is 242 Å². The molecule has 0 fully saturated rings. The van der Waals surface area contributed by atoms with Gasteiger partial charge in [0.05, 0.1) is 27.8 Å². The number of para-hydroxylation sites is 3. The molecule has 0 saturated carbocycles. The molecule has 0 bridgehead atoms. The number of hydrogen-bond acceptors (Lipinski definition) is 2. The molecule has 1 N–H and O–H groups in total. The number of rotatable bonds is 7. The SMILES string of the molecule is C1=C(c2ccccc2)N=C(c2ccccc2)NC(c2cccc(-c3cccc4c3c3cc(-c5ccc6c(c5)c5ccccc5n6-c5ccccc5)ccc3n4-c3ccccc3)c2)=CC1. The van der Waals surface area contributed by atoms with Crippen molar-refractivity contribution in [2.45, 2.75) is 6.42 Å². The van der Waals surface area contributed by atoms with Gasteiger partial charge in [-0.2, -0.15) is 0 Å². The molecule has 2 aromatic heterocycles. The molecule has 3 heterocycles. The Hall–Kier alpha value is -8.47. The summed E-state index contributed by atoms with van der Waals surface area (Å²) < 4.78 is 4.79. The highest BCUT2D eigenvalue weighted by Crippen LogP contribution is 2.42. The molecule has 11 aromatic rings. The second-order valence-corrected chi connectivity index (χ2v) is 16.4. The summed E-state index contributed by atoms with van der Waals surface area (Å²) in [6, 6.07) is 80.6.